The molecule has 0 spiro atoms. The third-order valence-electron chi connectivity index (χ3n) is 2.32. The summed E-state index contributed by atoms with van der Waals surface area (Å²) in [5.74, 6) is 0. The monoisotopic (exact) mass is 268 g/mol. The van der Waals surface area contributed by atoms with E-state index in [4.69, 9.17) is 16.2 Å². The molecule has 5 heteroatoms. The van der Waals surface area contributed by atoms with E-state index in [1.165, 1.54) is 12.1 Å². The van der Waals surface area contributed by atoms with Gasteiger partial charge in [0.05, 0.1) is 5.02 Å². The van der Waals surface area contributed by atoms with E-state index in [1.54, 1.807) is 6.07 Å². The molecule has 2 rings (SSSR count). The molecule has 0 atom stereocenters. The van der Waals surface area contributed by atoms with E-state index in [9.17, 15) is 8.42 Å². The first kappa shape index (κ1) is 12.1. The van der Waals surface area contributed by atoms with Crippen LogP contribution >= 0.6 is 11.6 Å². The Kier molecular flexibility index (Phi) is 3.19. The van der Waals surface area contributed by atoms with Crippen LogP contribution in [-0.4, -0.2) is 13.0 Å². The van der Waals surface area contributed by atoms with Crippen LogP contribution in [0.25, 0.3) is 11.1 Å². The highest BCUT2D eigenvalue weighted by Crippen LogP contribution is 2.27. The molecule has 3 nitrogen and oxygen atoms in total. The third kappa shape index (κ3) is 2.66. The van der Waals surface area contributed by atoms with E-state index in [0.29, 0.717) is 0 Å². The summed E-state index contributed by atoms with van der Waals surface area (Å²) in [7, 11) is -4.26. The van der Waals surface area contributed by atoms with E-state index in [-0.39, 0.29) is 9.92 Å². The molecule has 0 saturated heterocycles. The van der Waals surface area contributed by atoms with Gasteiger partial charge in [0, 0.05) is 0 Å². The molecule has 2 aromatic carbocycles. The van der Waals surface area contributed by atoms with Crippen molar-refractivity contribution in [2.45, 2.75) is 4.90 Å². The van der Waals surface area contributed by atoms with Crippen molar-refractivity contribution in [3.63, 3.8) is 0 Å². The van der Waals surface area contributed by atoms with Crippen LogP contribution in [-0.2, 0) is 10.1 Å². The maximum atomic E-state index is 11.0. The van der Waals surface area contributed by atoms with Gasteiger partial charge in [0.15, 0.2) is 0 Å². The van der Waals surface area contributed by atoms with Crippen LogP contribution < -0.4 is 0 Å². The van der Waals surface area contributed by atoms with Crippen molar-refractivity contribution in [1.82, 2.24) is 0 Å². The van der Waals surface area contributed by atoms with Gasteiger partial charge in [0.25, 0.3) is 10.1 Å². The molecular weight excluding hydrogens is 260 g/mol. The van der Waals surface area contributed by atoms with Gasteiger partial charge in [0.2, 0.25) is 0 Å². The summed E-state index contributed by atoms with van der Waals surface area (Å²) in [5, 5.41) is 0.00820. The van der Waals surface area contributed by atoms with Crippen molar-refractivity contribution in [3.8, 4) is 11.1 Å². The predicted molar refractivity (Wildman–Crippen MR) is 66.7 cm³/mol. The van der Waals surface area contributed by atoms with Gasteiger partial charge in [-0.25, -0.2) is 0 Å². The van der Waals surface area contributed by atoms with Crippen LogP contribution in [0.15, 0.2) is 53.4 Å². The van der Waals surface area contributed by atoms with Crippen LogP contribution in [0.5, 0.6) is 0 Å². The lowest BCUT2D eigenvalue weighted by Crippen LogP contribution is -1.98. The van der Waals surface area contributed by atoms with E-state index in [2.05, 4.69) is 0 Å². The lowest BCUT2D eigenvalue weighted by molar-refractivity contribution is 0.483. The zero-order valence-electron chi connectivity index (χ0n) is 8.67. The van der Waals surface area contributed by atoms with E-state index >= 15 is 0 Å². The Hall–Kier alpha value is -1.36. The summed E-state index contributed by atoms with van der Waals surface area (Å²) in [6, 6.07) is 13.8. The van der Waals surface area contributed by atoms with Gasteiger partial charge in [-0.05, 0) is 23.3 Å². The molecule has 0 amide bonds. The molecule has 0 saturated carbocycles. The number of hydrogen-bond acceptors (Lipinski definition) is 2. The van der Waals surface area contributed by atoms with Crippen molar-refractivity contribution < 1.29 is 13.0 Å². The van der Waals surface area contributed by atoms with Crippen LogP contribution in [0.1, 0.15) is 0 Å². The van der Waals surface area contributed by atoms with Crippen molar-refractivity contribution in [2.24, 2.45) is 0 Å². The highest BCUT2D eigenvalue weighted by Gasteiger charge is 2.14. The minimum absolute atomic E-state index is 0.00820. The Morgan fingerprint density at radius 3 is 2.12 bits per heavy atom. The first-order valence-corrected chi connectivity index (χ1v) is 6.63. The fourth-order valence-corrected chi connectivity index (χ4v) is 2.54. The van der Waals surface area contributed by atoms with Crippen LogP contribution in [0.2, 0.25) is 5.02 Å². The molecule has 0 radical (unpaired) electrons. The fourth-order valence-electron chi connectivity index (χ4n) is 1.52. The van der Waals surface area contributed by atoms with Gasteiger partial charge < -0.3 is 0 Å². The van der Waals surface area contributed by atoms with E-state index < -0.39 is 10.1 Å². The molecule has 0 aliphatic heterocycles. The summed E-state index contributed by atoms with van der Waals surface area (Å²) in [6.07, 6.45) is 0. The van der Waals surface area contributed by atoms with Gasteiger partial charge in [0.1, 0.15) is 4.90 Å². The molecule has 0 bridgehead atoms. The maximum Gasteiger partial charge on any atom is 0.296 e. The number of halogens is 1. The molecule has 0 heterocycles. The molecule has 0 aromatic heterocycles. The predicted octanol–water partition coefficient (Wildman–Crippen LogP) is 3.25. The summed E-state index contributed by atoms with van der Waals surface area (Å²) in [6.45, 7) is 0. The average Bonchev–Trinajstić information content (AvgIpc) is 2.28. The van der Waals surface area contributed by atoms with Crippen LogP contribution in [0.4, 0.5) is 0 Å². The van der Waals surface area contributed by atoms with Gasteiger partial charge in [-0.1, -0.05) is 48.0 Å². The standard InChI is InChI=1S/C12H9ClO3S/c13-11-8-10(9-4-2-1-3-5-9)6-7-12(11)17(14,15)16/h1-8H,(H,14,15,16). The number of benzene rings is 2. The van der Waals surface area contributed by atoms with Gasteiger partial charge >= 0.3 is 0 Å². The Bertz CT molecular complexity index is 636. The summed E-state index contributed by atoms with van der Waals surface area (Å²) in [4.78, 5) is -0.279. The molecule has 1 N–H and O–H groups in total. The Labute approximate surface area is 104 Å². The van der Waals surface area contributed by atoms with Crippen molar-refractivity contribution in [1.29, 1.82) is 0 Å². The smallest absolute Gasteiger partial charge is 0.282 e. The Balaban J connectivity index is 2.53. The zero-order valence-corrected chi connectivity index (χ0v) is 10.2. The molecular formula is C12H9ClO3S. The highest BCUT2D eigenvalue weighted by molar-refractivity contribution is 7.86. The number of hydrogen-bond donors (Lipinski definition) is 1. The molecule has 88 valence electrons. The normalized spacial score (nSPS) is 11.4. The second-order valence-electron chi connectivity index (χ2n) is 3.49. The van der Waals surface area contributed by atoms with Crippen LogP contribution in [0, 0.1) is 0 Å². The first-order valence-electron chi connectivity index (χ1n) is 4.81. The van der Waals surface area contributed by atoms with Gasteiger partial charge in [-0.2, -0.15) is 8.42 Å². The van der Waals surface area contributed by atoms with Gasteiger partial charge in [-0.3, -0.25) is 4.55 Å². The summed E-state index contributed by atoms with van der Waals surface area (Å²) >= 11 is 5.82. The topological polar surface area (TPSA) is 54.4 Å². The van der Waals surface area contributed by atoms with Gasteiger partial charge in [-0.15, -0.1) is 0 Å². The lowest BCUT2D eigenvalue weighted by atomic mass is 10.1. The van der Waals surface area contributed by atoms with Crippen molar-refractivity contribution >= 4 is 21.7 Å². The zero-order chi connectivity index (χ0) is 12.5. The van der Waals surface area contributed by atoms with Crippen LogP contribution in [0.3, 0.4) is 0 Å². The summed E-state index contributed by atoms with van der Waals surface area (Å²) < 4.78 is 30.9. The number of rotatable bonds is 2. The SMILES string of the molecule is O=S(=O)(O)c1ccc(-c2ccccc2)cc1Cl. The molecule has 0 aliphatic rings. The first-order chi connectivity index (χ1) is 7.98. The molecule has 0 fully saturated rings. The van der Waals surface area contributed by atoms with E-state index in [0.717, 1.165) is 11.1 Å². The lowest BCUT2D eigenvalue weighted by Gasteiger charge is -2.05. The fraction of sp³-hybridized carbons (Fsp3) is 0. The summed E-state index contributed by atoms with van der Waals surface area (Å²) in [5.41, 5.74) is 1.72. The molecule has 0 unspecified atom stereocenters. The second-order valence-corrected chi connectivity index (χ2v) is 5.28. The maximum absolute atomic E-state index is 11.0. The second kappa shape index (κ2) is 4.49. The van der Waals surface area contributed by atoms with Crippen molar-refractivity contribution in [3.05, 3.63) is 53.6 Å². The third-order valence-corrected chi connectivity index (χ3v) is 3.65. The molecule has 2 aromatic rings. The minimum atomic E-state index is -4.26. The Morgan fingerprint density at radius 2 is 1.59 bits per heavy atom. The highest BCUT2D eigenvalue weighted by atomic mass is 35.5. The Morgan fingerprint density at radius 1 is 0.941 bits per heavy atom. The minimum Gasteiger partial charge on any atom is -0.282 e. The average molecular weight is 269 g/mol. The molecule has 0 aliphatic carbocycles. The quantitative estimate of drug-likeness (QED) is 0.851. The van der Waals surface area contributed by atoms with E-state index in [1.807, 2.05) is 30.3 Å². The van der Waals surface area contributed by atoms with Crippen molar-refractivity contribution in [2.75, 3.05) is 0 Å². The largest absolute Gasteiger partial charge is 0.296 e. The molecule has 17 heavy (non-hydrogen) atoms.